The van der Waals surface area contributed by atoms with Gasteiger partial charge in [0.1, 0.15) is 0 Å². The molecule has 2 rings (SSSR count). The van der Waals surface area contributed by atoms with Crippen molar-refractivity contribution in [1.29, 1.82) is 0 Å². The van der Waals surface area contributed by atoms with Gasteiger partial charge in [-0.3, -0.25) is 9.58 Å². The quantitative estimate of drug-likeness (QED) is 0.845. The van der Waals surface area contributed by atoms with Crippen LogP contribution >= 0.6 is 0 Å². The van der Waals surface area contributed by atoms with E-state index in [-0.39, 0.29) is 0 Å². The average molecular weight is 266 g/mol. The highest BCUT2D eigenvalue weighted by atomic mass is 16.5. The second kappa shape index (κ2) is 7.03. The average Bonchev–Trinajstić information content (AvgIpc) is 2.87. The predicted molar refractivity (Wildman–Crippen MR) is 75.9 cm³/mol. The number of likely N-dealkylation sites (tertiary alicyclic amines) is 1. The molecule has 0 amide bonds. The van der Waals surface area contributed by atoms with E-state index in [4.69, 9.17) is 10.5 Å². The third kappa shape index (κ3) is 4.30. The van der Waals surface area contributed by atoms with Gasteiger partial charge in [0.25, 0.3) is 0 Å². The highest BCUT2D eigenvalue weighted by Gasteiger charge is 2.20. The van der Waals surface area contributed by atoms with E-state index in [9.17, 15) is 0 Å². The Morgan fingerprint density at radius 3 is 2.74 bits per heavy atom. The van der Waals surface area contributed by atoms with E-state index < -0.39 is 0 Å². The number of hydrogen-bond donors (Lipinski definition) is 1. The van der Waals surface area contributed by atoms with Gasteiger partial charge in [-0.2, -0.15) is 5.10 Å². The van der Waals surface area contributed by atoms with Gasteiger partial charge in [-0.15, -0.1) is 0 Å². The zero-order chi connectivity index (χ0) is 13.7. The summed E-state index contributed by atoms with van der Waals surface area (Å²) in [5, 5.41) is 4.60. The van der Waals surface area contributed by atoms with E-state index >= 15 is 0 Å². The summed E-state index contributed by atoms with van der Waals surface area (Å²) >= 11 is 0. The van der Waals surface area contributed by atoms with Crippen LogP contribution in [0.1, 0.15) is 38.4 Å². The van der Waals surface area contributed by atoms with E-state index in [0.717, 1.165) is 38.2 Å². The fourth-order valence-corrected chi connectivity index (χ4v) is 2.45. The predicted octanol–water partition coefficient (Wildman–Crippen LogP) is 1.40. The van der Waals surface area contributed by atoms with Crippen LogP contribution in [0.5, 0.6) is 0 Å². The van der Waals surface area contributed by atoms with Crippen LogP contribution in [0.15, 0.2) is 12.3 Å². The molecule has 1 aromatic heterocycles. The number of aromatic nitrogens is 2. The molecule has 0 saturated carbocycles. The Bertz CT molecular complexity index is 369. The lowest BCUT2D eigenvalue weighted by atomic mass is 10.1. The van der Waals surface area contributed by atoms with Gasteiger partial charge in [-0.25, -0.2) is 0 Å². The lowest BCUT2D eigenvalue weighted by Crippen LogP contribution is -2.37. The van der Waals surface area contributed by atoms with E-state index in [2.05, 4.69) is 36.1 Å². The summed E-state index contributed by atoms with van der Waals surface area (Å²) in [6.45, 7) is 8.72. The molecule has 2 heterocycles. The minimum absolute atomic E-state index is 0.396. The summed E-state index contributed by atoms with van der Waals surface area (Å²) < 4.78 is 7.72. The maximum atomic E-state index is 5.69. The van der Waals surface area contributed by atoms with E-state index in [1.807, 2.05) is 4.68 Å². The molecule has 108 valence electrons. The standard InChI is InChI=1S/C14H26N4O/c1-12(2)18-9-3-13(16-18)11-17-7-4-14(5-8-17)19-10-6-15/h3,9,12,14H,4-8,10-11,15H2,1-2H3. The molecular formula is C14H26N4O. The Balaban J connectivity index is 1.75. The Morgan fingerprint density at radius 2 is 2.16 bits per heavy atom. The molecule has 5 heteroatoms. The van der Waals surface area contributed by atoms with Gasteiger partial charge in [-0.05, 0) is 32.8 Å². The fraction of sp³-hybridized carbons (Fsp3) is 0.786. The fourth-order valence-electron chi connectivity index (χ4n) is 2.45. The van der Waals surface area contributed by atoms with Gasteiger partial charge in [0.2, 0.25) is 0 Å². The number of piperidine rings is 1. The number of nitrogens with two attached hydrogens (primary N) is 1. The van der Waals surface area contributed by atoms with Gasteiger partial charge in [0, 0.05) is 38.4 Å². The molecule has 1 aromatic rings. The van der Waals surface area contributed by atoms with Crippen molar-refractivity contribution >= 4 is 0 Å². The van der Waals surface area contributed by atoms with Crippen LogP contribution in [0.25, 0.3) is 0 Å². The molecule has 0 unspecified atom stereocenters. The Labute approximate surface area is 115 Å². The first-order valence-electron chi connectivity index (χ1n) is 7.27. The van der Waals surface area contributed by atoms with Crippen molar-refractivity contribution in [3.05, 3.63) is 18.0 Å². The van der Waals surface area contributed by atoms with Crippen LogP contribution in [0, 0.1) is 0 Å². The molecule has 1 aliphatic rings. The Hall–Kier alpha value is -0.910. The van der Waals surface area contributed by atoms with E-state index in [0.29, 0.717) is 25.3 Å². The van der Waals surface area contributed by atoms with E-state index in [1.54, 1.807) is 0 Å². The normalized spacial score (nSPS) is 18.3. The Morgan fingerprint density at radius 1 is 1.42 bits per heavy atom. The van der Waals surface area contributed by atoms with Gasteiger partial charge < -0.3 is 10.5 Å². The maximum Gasteiger partial charge on any atom is 0.0764 e. The number of rotatable bonds is 6. The minimum atomic E-state index is 0.396. The SMILES string of the molecule is CC(C)n1ccc(CN2CCC(OCCN)CC2)n1. The molecule has 0 bridgehead atoms. The first-order chi connectivity index (χ1) is 9.19. The van der Waals surface area contributed by atoms with E-state index in [1.165, 1.54) is 0 Å². The first-order valence-corrected chi connectivity index (χ1v) is 7.27. The van der Waals surface area contributed by atoms with Gasteiger partial charge in [0.05, 0.1) is 18.4 Å². The minimum Gasteiger partial charge on any atom is -0.377 e. The first kappa shape index (κ1) is 14.5. The number of ether oxygens (including phenoxy) is 1. The number of hydrogen-bond acceptors (Lipinski definition) is 4. The third-order valence-electron chi connectivity index (χ3n) is 3.58. The lowest BCUT2D eigenvalue weighted by Gasteiger charge is -2.31. The molecule has 0 radical (unpaired) electrons. The zero-order valence-electron chi connectivity index (χ0n) is 12.1. The molecule has 0 atom stereocenters. The van der Waals surface area contributed by atoms with Crippen molar-refractivity contribution in [2.75, 3.05) is 26.2 Å². The largest absolute Gasteiger partial charge is 0.377 e. The summed E-state index contributed by atoms with van der Waals surface area (Å²) in [6.07, 6.45) is 4.67. The highest BCUT2D eigenvalue weighted by molar-refractivity contribution is 4.99. The summed E-state index contributed by atoms with van der Waals surface area (Å²) in [5.74, 6) is 0. The number of nitrogens with zero attached hydrogens (tertiary/aromatic N) is 3. The van der Waals surface area contributed by atoms with Crippen molar-refractivity contribution in [2.24, 2.45) is 5.73 Å². The molecule has 0 aliphatic carbocycles. The van der Waals surface area contributed by atoms with Crippen molar-refractivity contribution in [2.45, 2.75) is 45.4 Å². The molecule has 0 aromatic carbocycles. The second-order valence-corrected chi connectivity index (χ2v) is 5.52. The second-order valence-electron chi connectivity index (χ2n) is 5.52. The van der Waals surface area contributed by atoms with Crippen molar-refractivity contribution in [1.82, 2.24) is 14.7 Å². The smallest absolute Gasteiger partial charge is 0.0764 e. The molecule has 1 saturated heterocycles. The van der Waals surface area contributed by atoms with Gasteiger partial charge >= 0.3 is 0 Å². The summed E-state index contributed by atoms with van der Waals surface area (Å²) in [6, 6.07) is 2.56. The van der Waals surface area contributed by atoms with Gasteiger partial charge in [-0.1, -0.05) is 0 Å². The van der Waals surface area contributed by atoms with Crippen LogP contribution in [0.2, 0.25) is 0 Å². The monoisotopic (exact) mass is 266 g/mol. The maximum absolute atomic E-state index is 5.69. The molecule has 2 N–H and O–H groups in total. The lowest BCUT2D eigenvalue weighted by molar-refractivity contribution is 0.00951. The summed E-state index contributed by atoms with van der Waals surface area (Å²) in [4.78, 5) is 2.45. The summed E-state index contributed by atoms with van der Waals surface area (Å²) in [7, 11) is 0. The molecular weight excluding hydrogens is 240 g/mol. The third-order valence-corrected chi connectivity index (χ3v) is 3.58. The molecule has 19 heavy (non-hydrogen) atoms. The van der Waals surface area contributed by atoms with Crippen molar-refractivity contribution in [3.63, 3.8) is 0 Å². The van der Waals surface area contributed by atoms with Crippen LogP contribution in [0.3, 0.4) is 0 Å². The topological polar surface area (TPSA) is 56.3 Å². The Kier molecular flexibility index (Phi) is 5.36. The van der Waals surface area contributed by atoms with Crippen LogP contribution < -0.4 is 5.73 Å². The van der Waals surface area contributed by atoms with Gasteiger partial charge in [0.15, 0.2) is 0 Å². The molecule has 1 fully saturated rings. The summed E-state index contributed by atoms with van der Waals surface area (Å²) in [5.41, 5.74) is 6.62. The van der Waals surface area contributed by atoms with Crippen LogP contribution in [0.4, 0.5) is 0 Å². The zero-order valence-corrected chi connectivity index (χ0v) is 12.1. The van der Waals surface area contributed by atoms with Crippen molar-refractivity contribution < 1.29 is 4.74 Å². The molecule has 0 spiro atoms. The molecule has 1 aliphatic heterocycles. The highest BCUT2D eigenvalue weighted by Crippen LogP contribution is 2.16. The van der Waals surface area contributed by atoms with Crippen LogP contribution in [-0.2, 0) is 11.3 Å². The van der Waals surface area contributed by atoms with Crippen LogP contribution in [-0.4, -0.2) is 47.0 Å². The molecule has 5 nitrogen and oxygen atoms in total. The van der Waals surface area contributed by atoms with Crippen molar-refractivity contribution in [3.8, 4) is 0 Å².